The molecule has 0 N–H and O–H groups in total. The Bertz CT molecular complexity index is 544. The van der Waals surface area contributed by atoms with Gasteiger partial charge < -0.3 is 4.74 Å². The molecular formula is C16H20O3. The quantitative estimate of drug-likeness (QED) is 0.672. The average molecular weight is 260 g/mol. The van der Waals surface area contributed by atoms with E-state index in [1.165, 1.54) is 0 Å². The van der Waals surface area contributed by atoms with Crippen LogP contribution in [0.5, 0.6) is 0 Å². The van der Waals surface area contributed by atoms with E-state index in [1.54, 1.807) is 6.08 Å². The molecule has 1 saturated carbocycles. The molecule has 0 aromatic heterocycles. The van der Waals surface area contributed by atoms with E-state index >= 15 is 0 Å². The van der Waals surface area contributed by atoms with Gasteiger partial charge in [-0.2, -0.15) is 0 Å². The molecule has 2 aliphatic carbocycles. The average Bonchev–Trinajstić information content (AvgIpc) is 2.82. The highest BCUT2D eigenvalue weighted by molar-refractivity contribution is 6.01. The highest BCUT2D eigenvalue weighted by atomic mass is 16.5. The third kappa shape index (κ3) is 1.14. The van der Waals surface area contributed by atoms with Gasteiger partial charge in [-0.1, -0.05) is 13.8 Å². The van der Waals surface area contributed by atoms with Crippen LogP contribution in [-0.4, -0.2) is 22.8 Å². The van der Waals surface area contributed by atoms with Crippen LogP contribution in [0.2, 0.25) is 0 Å². The molecule has 2 saturated heterocycles. The van der Waals surface area contributed by atoms with Crippen molar-refractivity contribution in [3.05, 3.63) is 11.6 Å². The van der Waals surface area contributed by atoms with Crippen LogP contribution in [0, 0.1) is 17.3 Å². The first-order chi connectivity index (χ1) is 8.80. The lowest BCUT2D eigenvalue weighted by atomic mass is 9.69. The molecule has 0 aromatic carbocycles. The van der Waals surface area contributed by atoms with Crippen molar-refractivity contribution in [3.63, 3.8) is 0 Å². The van der Waals surface area contributed by atoms with Crippen LogP contribution in [-0.2, 0) is 14.3 Å². The summed E-state index contributed by atoms with van der Waals surface area (Å²) in [5.74, 6) is 0.826. The molecule has 0 unspecified atom stereocenters. The number of carbonyl (C=O) groups excluding carboxylic acids is 2. The van der Waals surface area contributed by atoms with E-state index in [1.807, 2.05) is 6.92 Å². The van der Waals surface area contributed by atoms with E-state index in [9.17, 15) is 9.59 Å². The molecule has 4 aliphatic rings. The Balaban J connectivity index is 1.95. The number of fused-ring (bicyclic) bond motifs is 2. The van der Waals surface area contributed by atoms with Crippen molar-refractivity contribution in [1.82, 2.24) is 0 Å². The lowest BCUT2D eigenvalue weighted by Gasteiger charge is -2.43. The van der Waals surface area contributed by atoms with Crippen LogP contribution in [0.15, 0.2) is 11.6 Å². The van der Waals surface area contributed by atoms with Gasteiger partial charge in [0, 0.05) is 18.8 Å². The molecule has 102 valence electrons. The third-order valence-electron chi connectivity index (χ3n) is 6.13. The zero-order valence-corrected chi connectivity index (χ0v) is 11.8. The maximum Gasteiger partial charge on any atom is 0.172 e. The van der Waals surface area contributed by atoms with E-state index in [0.717, 1.165) is 18.4 Å². The summed E-state index contributed by atoms with van der Waals surface area (Å²) in [6.07, 6.45) is 4.80. The molecule has 3 heteroatoms. The molecule has 0 radical (unpaired) electrons. The van der Waals surface area contributed by atoms with Gasteiger partial charge in [0.1, 0.15) is 0 Å². The minimum atomic E-state index is -0.757. The molecule has 0 aromatic rings. The molecule has 2 bridgehead atoms. The monoisotopic (exact) mass is 260 g/mol. The second kappa shape index (κ2) is 3.03. The maximum atomic E-state index is 12.7. The Morgan fingerprint density at radius 1 is 1.26 bits per heavy atom. The zero-order valence-electron chi connectivity index (χ0n) is 11.8. The van der Waals surface area contributed by atoms with Crippen molar-refractivity contribution in [1.29, 1.82) is 0 Å². The summed E-state index contributed by atoms with van der Waals surface area (Å²) in [5, 5.41) is 0. The van der Waals surface area contributed by atoms with Gasteiger partial charge in [0.2, 0.25) is 0 Å². The Morgan fingerprint density at radius 2 is 2.00 bits per heavy atom. The first-order valence-corrected chi connectivity index (χ1v) is 7.28. The summed E-state index contributed by atoms with van der Waals surface area (Å²) in [7, 11) is 0. The second-order valence-corrected chi connectivity index (χ2v) is 7.62. The van der Waals surface area contributed by atoms with Gasteiger partial charge in [0.15, 0.2) is 17.2 Å². The summed E-state index contributed by atoms with van der Waals surface area (Å²) in [4.78, 5) is 24.6. The van der Waals surface area contributed by atoms with Crippen LogP contribution in [0.25, 0.3) is 0 Å². The summed E-state index contributed by atoms with van der Waals surface area (Å²) in [5.41, 5.74) is -0.0709. The van der Waals surface area contributed by atoms with Crippen molar-refractivity contribution in [3.8, 4) is 0 Å². The Morgan fingerprint density at radius 3 is 2.74 bits per heavy atom. The molecule has 2 heterocycles. The summed E-state index contributed by atoms with van der Waals surface area (Å²) in [6, 6.07) is 0. The van der Waals surface area contributed by atoms with E-state index < -0.39 is 5.60 Å². The number of ether oxygens (including phenoxy) is 1. The largest absolute Gasteiger partial charge is 0.356 e. The zero-order chi connectivity index (χ0) is 13.6. The smallest absolute Gasteiger partial charge is 0.172 e. The Labute approximate surface area is 113 Å². The van der Waals surface area contributed by atoms with Gasteiger partial charge in [-0.05, 0) is 42.7 Å². The number of allylic oxidation sites excluding steroid dienone is 1. The maximum absolute atomic E-state index is 12.7. The Hall–Kier alpha value is -0.960. The molecule has 3 nitrogen and oxygen atoms in total. The lowest BCUT2D eigenvalue weighted by Crippen LogP contribution is -2.49. The number of hydrogen-bond acceptors (Lipinski definition) is 3. The number of hydrogen-bond donors (Lipinski definition) is 0. The van der Waals surface area contributed by atoms with Crippen molar-refractivity contribution >= 4 is 11.6 Å². The highest BCUT2D eigenvalue weighted by Gasteiger charge is 2.72. The minimum absolute atomic E-state index is 0.0146. The first kappa shape index (κ1) is 11.8. The van der Waals surface area contributed by atoms with Crippen LogP contribution in [0.4, 0.5) is 0 Å². The topological polar surface area (TPSA) is 43.4 Å². The van der Waals surface area contributed by atoms with Crippen molar-refractivity contribution in [2.24, 2.45) is 17.3 Å². The molecule has 2 aliphatic heterocycles. The van der Waals surface area contributed by atoms with E-state index in [-0.39, 0.29) is 34.4 Å². The van der Waals surface area contributed by atoms with E-state index in [0.29, 0.717) is 12.8 Å². The van der Waals surface area contributed by atoms with Crippen LogP contribution < -0.4 is 0 Å². The molecular weight excluding hydrogens is 240 g/mol. The first-order valence-electron chi connectivity index (χ1n) is 7.28. The molecule has 4 atom stereocenters. The van der Waals surface area contributed by atoms with Gasteiger partial charge >= 0.3 is 0 Å². The predicted molar refractivity (Wildman–Crippen MR) is 69.5 cm³/mol. The summed E-state index contributed by atoms with van der Waals surface area (Å²) < 4.78 is 6.34. The summed E-state index contributed by atoms with van der Waals surface area (Å²) >= 11 is 0. The number of carbonyl (C=O) groups is 2. The molecule has 1 spiro atoms. The molecule has 3 fully saturated rings. The summed E-state index contributed by atoms with van der Waals surface area (Å²) in [6.45, 7) is 6.47. The normalized spacial score (nSPS) is 50.2. The minimum Gasteiger partial charge on any atom is -0.356 e. The van der Waals surface area contributed by atoms with Gasteiger partial charge in [-0.15, -0.1) is 0 Å². The second-order valence-electron chi connectivity index (χ2n) is 7.62. The lowest BCUT2D eigenvalue weighted by molar-refractivity contribution is -0.160. The SMILES string of the molecule is CC1(C)[C@@H]2CC(=O)C=C2[C@]23O[C@](C)(CC[C@@H]12)CC3=O. The van der Waals surface area contributed by atoms with Crippen molar-refractivity contribution in [2.45, 2.75) is 57.7 Å². The number of Topliss-reactive ketones (excluding diaryl/α,β-unsaturated/α-hetero) is 1. The van der Waals surface area contributed by atoms with Crippen LogP contribution in [0.1, 0.15) is 46.5 Å². The van der Waals surface area contributed by atoms with Gasteiger partial charge in [0.05, 0.1) is 5.60 Å². The van der Waals surface area contributed by atoms with E-state index in [2.05, 4.69) is 13.8 Å². The van der Waals surface area contributed by atoms with Crippen LogP contribution in [0.3, 0.4) is 0 Å². The fourth-order valence-corrected chi connectivity index (χ4v) is 5.24. The van der Waals surface area contributed by atoms with Gasteiger partial charge in [-0.25, -0.2) is 0 Å². The van der Waals surface area contributed by atoms with E-state index in [4.69, 9.17) is 4.74 Å². The van der Waals surface area contributed by atoms with Gasteiger partial charge in [0.25, 0.3) is 0 Å². The number of ketones is 2. The molecule has 4 rings (SSSR count). The predicted octanol–water partition coefficient (Wildman–Crippen LogP) is 2.44. The Kier molecular flexibility index (Phi) is 1.89. The fraction of sp³-hybridized carbons (Fsp3) is 0.750. The van der Waals surface area contributed by atoms with Crippen molar-refractivity contribution < 1.29 is 14.3 Å². The standard InChI is InChI=1S/C16H20O3/c1-14(2)10-6-9(17)7-11(10)16-12(14)4-5-15(3,19-16)8-13(16)18/h7,10,12H,4-6,8H2,1-3H3/t10-,12+,15-,16+/m1/s1. The highest BCUT2D eigenvalue weighted by Crippen LogP contribution is 2.68. The molecule has 0 amide bonds. The number of rotatable bonds is 0. The van der Waals surface area contributed by atoms with Crippen molar-refractivity contribution in [2.75, 3.05) is 0 Å². The van der Waals surface area contributed by atoms with Crippen LogP contribution >= 0.6 is 0 Å². The molecule has 19 heavy (non-hydrogen) atoms. The van der Waals surface area contributed by atoms with Gasteiger partial charge in [-0.3, -0.25) is 9.59 Å². The fourth-order valence-electron chi connectivity index (χ4n) is 5.24. The third-order valence-corrected chi connectivity index (χ3v) is 6.13.